The number of aryl methyl sites for hydroxylation is 1. The van der Waals surface area contributed by atoms with Crippen LogP contribution in [0.4, 0.5) is 15.2 Å². The fraction of sp³-hybridized carbons (Fsp3) is 0.348. The number of esters is 1. The Morgan fingerprint density at radius 1 is 1.32 bits per heavy atom. The van der Waals surface area contributed by atoms with Gasteiger partial charge in [0.05, 0.1) is 23.2 Å². The van der Waals surface area contributed by atoms with Crippen molar-refractivity contribution in [3.8, 4) is 0 Å². The van der Waals surface area contributed by atoms with Crippen LogP contribution in [0.3, 0.4) is 0 Å². The van der Waals surface area contributed by atoms with Gasteiger partial charge in [-0.25, -0.2) is 9.18 Å². The average Bonchev–Trinajstić information content (AvgIpc) is 3.20. The molecule has 0 unspecified atom stereocenters. The molecule has 1 aromatic carbocycles. The SMILES string of the molecule is CCOC(=O)c1c(NC(=S)Nc2nn(Cc3c(F)cccc3Cl)cc2Br)sc2c1CCCCC2. The maximum Gasteiger partial charge on any atom is 0.341 e. The molecule has 180 valence electrons. The molecule has 1 aliphatic rings. The molecule has 2 N–H and O–H groups in total. The number of thiocarbonyl (C=S) groups is 1. The number of carbonyl (C=O) groups is 1. The molecule has 2 aromatic heterocycles. The molecule has 0 radical (unpaired) electrons. The van der Waals surface area contributed by atoms with E-state index in [2.05, 4.69) is 31.7 Å². The van der Waals surface area contributed by atoms with E-state index in [4.69, 9.17) is 28.6 Å². The summed E-state index contributed by atoms with van der Waals surface area (Å²) >= 11 is 16.7. The van der Waals surface area contributed by atoms with E-state index >= 15 is 0 Å². The lowest BCUT2D eigenvalue weighted by molar-refractivity contribution is 0.0527. The molecule has 6 nitrogen and oxygen atoms in total. The number of carbonyl (C=O) groups excluding carboxylic acids is 1. The van der Waals surface area contributed by atoms with Crippen molar-refractivity contribution >= 4 is 73.0 Å². The van der Waals surface area contributed by atoms with Crippen molar-refractivity contribution in [3.63, 3.8) is 0 Å². The van der Waals surface area contributed by atoms with Gasteiger partial charge in [-0.15, -0.1) is 11.3 Å². The molecule has 0 saturated heterocycles. The Balaban J connectivity index is 1.52. The Hall–Kier alpha value is -2.01. The summed E-state index contributed by atoms with van der Waals surface area (Å²) in [6.07, 6.45) is 6.83. The van der Waals surface area contributed by atoms with Crippen LogP contribution in [-0.4, -0.2) is 27.5 Å². The number of benzene rings is 1. The molecule has 2 heterocycles. The molecule has 11 heteroatoms. The third kappa shape index (κ3) is 5.62. The molecule has 0 amide bonds. The second-order valence-corrected chi connectivity index (χ2v) is 10.6. The fourth-order valence-corrected chi connectivity index (χ4v) is 6.08. The van der Waals surface area contributed by atoms with Gasteiger partial charge >= 0.3 is 5.97 Å². The Morgan fingerprint density at radius 2 is 2.12 bits per heavy atom. The van der Waals surface area contributed by atoms with Crippen molar-refractivity contribution in [2.45, 2.75) is 45.6 Å². The molecule has 0 atom stereocenters. The van der Waals surface area contributed by atoms with Gasteiger partial charge in [0.2, 0.25) is 0 Å². The van der Waals surface area contributed by atoms with Gasteiger partial charge in [0, 0.05) is 21.7 Å². The minimum absolute atomic E-state index is 0.163. The van der Waals surface area contributed by atoms with Crippen LogP contribution < -0.4 is 10.6 Å². The number of halogens is 3. The first-order valence-electron chi connectivity index (χ1n) is 10.9. The van der Waals surface area contributed by atoms with E-state index in [0.717, 1.165) is 37.7 Å². The molecule has 34 heavy (non-hydrogen) atoms. The summed E-state index contributed by atoms with van der Waals surface area (Å²) in [5.74, 6) is -0.269. The summed E-state index contributed by atoms with van der Waals surface area (Å²) in [5, 5.41) is 12.0. The Kier molecular flexibility index (Phi) is 8.23. The van der Waals surface area contributed by atoms with Gasteiger partial charge in [-0.2, -0.15) is 5.10 Å². The number of aromatic nitrogens is 2. The van der Waals surface area contributed by atoms with E-state index in [1.807, 2.05) is 0 Å². The number of ether oxygens (including phenoxy) is 1. The maximum absolute atomic E-state index is 14.2. The molecular formula is C23H23BrClFN4O2S2. The second kappa shape index (κ2) is 11.2. The number of thiophene rings is 1. The Bertz CT molecular complexity index is 1210. The number of rotatable bonds is 6. The molecule has 0 spiro atoms. The topological polar surface area (TPSA) is 68.2 Å². The largest absolute Gasteiger partial charge is 0.462 e. The summed E-state index contributed by atoms with van der Waals surface area (Å²) in [4.78, 5) is 14.0. The van der Waals surface area contributed by atoms with Gasteiger partial charge in [-0.1, -0.05) is 24.1 Å². The predicted molar refractivity (Wildman–Crippen MR) is 142 cm³/mol. The van der Waals surface area contributed by atoms with E-state index in [1.54, 1.807) is 41.3 Å². The number of fused-ring (bicyclic) bond motifs is 1. The minimum atomic E-state index is -0.394. The highest BCUT2D eigenvalue weighted by Crippen LogP contribution is 2.38. The lowest BCUT2D eigenvalue weighted by Gasteiger charge is -2.11. The summed E-state index contributed by atoms with van der Waals surface area (Å²) < 4.78 is 21.7. The fourth-order valence-electron chi connectivity index (χ4n) is 3.90. The number of hydrogen-bond acceptors (Lipinski definition) is 5. The molecule has 0 fully saturated rings. The monoisotopic (exact) mass is 584 g/mol. The lowest BCUT2D eigenvalue weighted by Crippen LogP contribution is -2.21. The molecule has 3 aromatic rings. The number of hydrogen-bond donors (Lipinski definition) is 2. The van der Waals surface area contributed by atoms with Gasteiger partial charge < -0.3 is 15.4 Å². The van der Waals surface area contributed by atoms with Crippen LogP contribution in [0.5, 0.6) is 0 Å². The van der Waals surface area contributed by atoms with Crippen molar-refractivity contribution in [2.24, 2.45) is 0 Å². The van der Waals surface area contributed by atoms with Gasteiger partial charge in [0.25, 0.3) is 0 Å². The van der Waals surface area contributed by atoms with Crippen LogP contribution in [0.2, 0.25) is 5.02 Å². The van der Waals surface area contributed by atoms with Gasteiger partial charge in [-0.3, -0.25) is 4.68 Å². The highest BCUT2D eigenvalue weighted by Gasteiger charge is 2.26. The summed E-state index contributed by atoms with van der Waals surface area (Å²) in [7, 11) is 0. The summed E-state index contributed by atoms with van der Waals surface area (Å²) in [5.41, 5.74) is 2.00. The highest BCUT2D eigenvalue weighted by atomic mass is 79.9. The first-order valence-corrected chi connectivity index (χ1v) is 13.3. The maximum atomic E-state index is 14.2. The third-order valence-electron chi connectivity index (χ3n) is 5.46. The summed E-state index contributed by atoms with van der Waals surface area (Å²) in [6, 6.07) is 4.56. The summed E-state index contributed by atoms with van der Waals surface area (Å²) in [6.45, 7) is 2.27. The van der Waals surface area contributed by atoms with E-state index < -0.39 is 5.82 Å². The minimum Gasteiger partial charge on any atom is -0.462 e. The van der Waals surface area contributed by atoms with Crippen molar-refractivity contribution in [3.05, 3.63) is 61.3 Å². The van der Waals surface area contributed by atoms with Crippen LogP contribution in [0, 0.1) is 5.82 Å². The number of nitrogens with one attached hydrogen (secondary N) is 2. The lowest BCUT2D eigenvalue weighted by atomic mass is 10.1. The van der Waals surface area contributed by atoms with E-state index in [1.165, 1.54) is 10.9 Å². The first kappa shape index (κ1) is 25.1. The van der Waals surface area contributed by atoms with E-state index in [9.17, 15) is 9.18 Å². The zero-order valence-electron chi connectivity index (χ0n) is 18.4. The van der Waals surface area contributed by atoms with Crippen molar-refractivity contribution in [1.82, 2.24) is 9.78 Å². The molecule has 0 aliphatic heterocycles. The highest BCUT2D eigenvalue weighted by molar-refractivity contribution is 9.10. The predicted octanol–water partition coefficient (Wildman–Crippen LogP) is 6.80. The molecule has 0 saturated carbocycles. The Morgan fingerprint density at radius 3 is 2.88 bits per heavy atom. The Labute approximate surface area is 220 Å². The normalized spacial score (nSPS) is 13.2. The third-order valence-corrected chi connectivity index (χ3v) is 7.80. The number of anilines is 2. The van der Waals surface area contributed by atoms with Crippen LogP contribution in [0.25, 0.3) is 0 Å². The van der Waals surface area contributed by atoms with Crippen LogP contribution in [-0.2, 0) is 24.1 Å². The zero-order valence-corrected chi connectivity index (χ0v) is 22.4. The zero-order chi connectivity index (χ0) is 24.2. The van der Waals surface area contributed by atoms with Crippen molar-refractivity contribution in [2.75, 3.05) is 17.2 Å². The second-order valence-electron chi connectivity index (χ2n) is 7.79. The standard InChI is InChI=1S/C23H23BrClFN4O2S2/c1-2-32-22(31)19-13-7-4-3-5-10-18(13)34-21(19)28-23(33)27-20-15(24)12-30(29-20)11-14-16(25)8-6-9-17(14)26/h6,8-9,12H,2-5,7,10-11H2,1H3,(H2,27,28,29,33). The van der Waals surface area contributed by atoms with Crippen molar-refractivity contribution < 1.29 is 13.9 Å². The molecular weight excluding hydrogens is 563 g/mol. The molecule has 0 bridgehead atoms. The van der Waals surface area contributed by atoms with Gasteiger partial charge in [0.15, 0.2) is 10.9 Å². The average molecular weight is 586 g/mol. The van der Waals surface area contributed by atoms with Gasteiger partial charge in [-0.05, 0) is 78.5 Å². The van der Waals surface area contributed by atoms with Crippen LogP contribution >= 0.6 is 51.1 Å². The molecule has 4 rings (SSSR count). The van der Waals surface area contributed by atoms with E-state index in [-0.39, 0.29) is 17.6 Å². The van der Waals surface area contributed by atoms with Crippen LogP contribution in [0.15, 0.2) is 28.9 Å². The number of nitrogens with zero attached hydrogens (tertiary/aromatic N) is 2. The molecule has 1 aliphatic carbocycles. The van der Waals surface area contributed by atoms with Crippen LogP contribution in [0.1, 0.15) is 52.5 Å². The smallest absolute Gasteiger partial charge is 0.341 e. The quantitative estimate of drug-likeness (QED) is 0.188. The first-order chi connectivity index (χ1) is 16.4. The van der Waals surface area contributed by atoms with Gasteiger partial charge in [0.1, 0.15) is 10.8 Å². The van der Waals surface area contributed by atoms with E-state index in [0.29, 0.717) is 38.0 Å². The van der Waals surface area contributed by atoms with Crippen molar-refractivity contribution in [1.29, 1.82) is 0 Å².